The van der Waals surface area contributed by atoms with E-state index in [2.05, 4.69) is 10.3 Å². The fourth-order valence-corrected chi connectivity index (χ4v) is 1.63. The van der Waals surface area contributed by atoms with Gasteiger partial charge in [-0.15, -0.1) is 0 Å². The molecule has 1 aliphatic heterocycles. The molecule has 3 N–H and O–H groups in total. The zero-order chi connectivity index (χ0) is 10.8. The van der Waals surface area contributed by atoms with Crippen LogP contribution in [0.15, 0.2) is 18.3 Å². The van der Waals surface area contributed by atoms with Gasteiger partial charge in [0.2, 0.25) is 5.91 Å². The summed E-state index contributed by atoms with van der Waals surface area (Å²) in [6, 6.07) is 3.39. The maximum atomic E-state index is 11.6. The van der Waals surface area contributed by atoms with Gasteiger partial charge in [-0.25, -0.2) is 4.98 Å². The van der Waals surface area contributed by atoms with Crippen LogP contribution in [0, 0.1) is 0 Å². The number of carbonyl (C=O) groups excluding carboxylic acids is 1. The highest BCUT2D eigenvalue weighted by Crippen LogP contribution is 2.14. The molecule has 1 aromatic heterocycles. The summed E-state index contributed by atoms with van der Waals surface area (Å²) in [5.74, 6) is 0.812. The summed E-state index contributed by atoms with van der Waals surface area (Å²) < 4.78 is 0. The topological polar surface area (TPSA) is 71.2 Å². The zero-order valence-corrected chi connectivity index (χ0v) is 8.60. The Hall–Kier alpha value is -1.78. The number of hydrogen-bond acceptors (Lipinski definition) is 4. The summed E-state index contributed by atoms with van der Waals surface area (Å²) >= 11 is 0. The van der Waals surface area contributed by atoms with Gasteiger partial charge in [0.05, 0.1) is 11.9 Å². The van der Waals surface area contributed by atoms with Gasteiger partial charge in [0, 0.05) is 13.6 Å². The molecule has 1 aromatic rings. The van der Waals surface area contributed by atoms with Crippen LogP contribution in [0.25, 0.3) is 0 Å². The molecule has 1 fully saturated rings. The molecule has 15 heavy (non-hydrogen) atoms. The Morgan fingerprint density at radius 1 is 1.60 bits per heavy atom. The third-order valence-corrected chi connectivity index (χ3v) is 2.54. The number of nitrogens with zero attached hydrogens (tertiary/aromatic N) is 2. The van der Waals surface area contributed by atoms with Gasteiger partial charge in [0.1, 0.15) is 11.9 Å². The molecule has 0 aliphatic carbocycles. The summed E-state index contributed by atoms with van der Waals surface area (Å²) in [6.07, 6.45) is 2.40. The van der Waals surface area contributed by atoms with Crippen LogP contribution in [0.3, 0.4) is 0 Å². The van der Waals surface area contributed by atoms with Gasteiger partial charge in [-0.05, 0) is 18.6 Å². The standard InChI is InChI=1S/C10H14N4O/c1-14-5-4-8(10(14)15)13-9-3-2-7(11)6-12-9/h2-3,6,8H,4-5,11H2,1H3,(H,12,13). The maximum Gasteiger partial charge on any atom is 0.244 e. The van der Waals surface area contributed by atoms with Gasteiger partial charge in [0.25, 0.3) is 0 Å². The molecule has 1 saturated heterocycles. The van der Waals surface area contributed by atoms with Crippen LogP contribution in [-0.2, 0) is 4.79 Å². The third kappa shape index (κ3) is 2.01. The molecule has 1 unspecified atom stereocenters. The predicted octanol–water partition coefficient (Wildman–Crippen LogP) is 0.306. The number of anilines is 2. The van der Waals surface area contributed by atoms with E-state index in [1.54, 1.807) is 30.3 Å². The minimum atomic E-state index is -0.147. The summed E-state index contributed by atoms with van der Waals surface area (Å²) in [4.78, 5) is 17.4. The first-order valence-corrected chi connectivity index (χ1v) is 4.90. The lowest BCUT2D eigenvalue weighted by Crippen LogP contribution is -2.31. The first kappa shape index (κ1) is 9.76. The van der Waals surface area contributed by atoms with Crippen molar-refractivity contribution in [2.24, 2.45) is 0 Å². The molecule has 1 amide bonds. The smallest absolute Gasteiger partial charge is 0.244 e. The van der Waals surface area contributed by atoms with Crippen molar-refractivity contribution >= 4 is 17.4 Å². The normalized spacial score (nSPS) is 20.7. The highest BCUT2D eigenvalue weighted by molar-refractivity contribution is 5.86. The van der Waals surface area contributed by atoms with E-state index >= 15 is 0 Å². The lowest BCUT2D eigenvalue weighted by atomic mass is 10.2. The Labute approximate surface area is 88.3 Å². The van der Waals surface area contributed by atoms with Gasteiger partial charge < -0.3 is 16.0 Å². The fourth-order valence-electron chi connectivity index (χ4n) is 1.63. The highest BCUT2D eigenvalue weighted by atomic mass is 16.2. The number of amides is 1. The van der Waals surface area contributed by atoms with E-state index in [4.69, 9.17) is 5.73 Å². The molecule has 1 aliphatic rings. The fraction of sp³-hybridized carbons (Fsp3) is 0.400. The molecular formula is C10H14N4O. The minimum Gasteiger partial charge on any atom is -0.397 e. The van der Waals surface area contributed by atoms with E-state index in [-0.39, 0.29) is 11.9 Å². The van der Waals surface area contributed by atoms with E-state index in [1.165, 1.54) is 0 Å². The van der Waals surface area contributed by atoms with Crippen molar-refractivity contribution in [2.75, 3.05) is 24.6 Å². The molecule has 2 heterocycles. The number of likely N-dealkylation sites (N-methyl/N-ethyl adjacent to an activating group) is 1. The van der Waals surface area contributed by atoms with Gasteiger partial charge in [-0.1, -0.05) is 0 Å². The van der Waals surface area contributed by atoms with Gasteiger partial charge >= 0.3 is 0 Å². The maximum absolute atomic E-state index is 11.6. The second-order valence-corrected chi connectivity index (χ2v) is 3.72. The number of rotatable bonds is 2. The van der Waals surface area contributed by atoms with Gasteiger partial charge in [-0.2, -0.15) is 0 Å². The predicted molar refractivity (Wildman–Crippen MR) is 58.3 cm³/mol. The molecule has 1 atom stereocenters. The molecule has 0 bridgehead atoms. The quantitative estimate of drug-likeness (QED) is 0.730. The van der Waals surface area contributed by atoms with Crippen LogP contribution in [0.1, 0.15) is 6.42 Å². The molecule has 0 saturated carbocycles. The Balaban J connectivity index is 2.03. The van der Waals surface area contributed by atoms with Crippen LogP contribution < -0.4 is 11.1 Å². The van der Waals surface area contributed by atoms with Crippen molar-refractivity contribution in [1.82, 2.24) is 9.88 Å². The Bertz CT molecular complexity index is 362. The van der Waals surface area contributed by atoms with E-state index < -0.39 is 0 Å². The first-order valence-electron chi connectivity index (χ1n) is 4.90. The lowest BCUT2D eigenvalue weighted by Gasteiger charge is -2.12. The van der Waals surface area contributed by atoms with Crippen molar-refractivity contribution in [2.45, 2.75) is 12.5 Å². The van der Waals surface area contributed by atoms with Crippen molar-refractivity contribution in [1.29, 1.82) is 0 Å². The SMILES string of the molecule is CN1CCC(Nc2ccc(N)cn2)C1=O. The average Bonchev–Trinajstić information content (AvgIpc) is 2.53. The van der Waals surface area contributed by atoms with Gasteiger partial charge in [0.15, 0.2) is 0 Å². The molecule has 5 nitrogen and oxygen atoms in total. The number of nitrogens with two attached hydrogens (primary N) is 1. The van der Waals surface area contributed by atoms with E-state index in [1.807, 2.05) is 0 Å². The Morgan fingerprint density at radius 2 is 2.40 bits per heavy atom. The monoisotopic (exact) mass is 206 g/mol. The number of carbonyl (C=O) groups is 1. The zero-order valence-electron chi connectivity index (χ0n) is 8.60. The number of likely N-dealkylation sites (tertiary alicyclic amines) is 1. The number of nitrogen functional groups attached to an aromatic ring is 1. The Morgan fingerprint density at radius 3 is 2.93 bits per heavy atom. The number of aromatic nitrogens is 1. The number of pyridine rings is 1. The molecular weight excluding hydrogens is 192 g/mol. The van der Waals surface area contributed by atoms with E-state index in [0.29, 0.717) is 11.5 Å². The van der Waals surface area contributed by atoms with E-state index in [9.17, 15) is 4.79 Å². The van der Waals surface area contributed by atoms with Crippen molar-refractivity contribution < 1.29 is 4.79 Å². The van der Waals surface area contributed by atoms with Gasteiger partial charge in [-0.3, -0.25) is 4.79 Å². The second kappa shape index (κ2) is 3.76. The average molecular weight is 206 g/mol. The van der Waals surface area contributed by atoms with Crippen molar-refractivity contribution in [3.05, 3.63) is 18.3 Å². The second-order valence-electron chi connectivity index (χ2n) is 3.72. The molecule has 0 spiro atoms. The Kier molecular flexibility index (Phi) is 2.45. The van der Waals surface area contributed by atoms with Crippen LogP contribution in [0.5, 0.6) is 0 Å². The highest BCUT2D eigenvalue weighted by Gasteiger charge is 2.28. The largest absolute Gasteiger partial charge is 0.397 e. The van der Waals surface area contributed by atoms with E-state index in [0.717, 1.165) is 13.0 Å². The summed E-state index contributed by atoms with van der Waals surface area (Å²) in [5, 5.41) is 3.09. The van der Waals surface area contributed by atoms with Crippen LogP contribution in [0.2, 0.25) is 0 Å². The van der Waals surface area contributed by atoms with Crippen molar-refractivity contribution in [3.63, 3.8) is 0 Å². The van der Waals surface area contributed by atoms with Crippen LogP contribution in [-0.4, -0.2) is 35.4 Å². The molecule has 5 heteroatoms. The summed E-state index contributed by atoms with van der Waals surface area (Å²) in [6.45, 7) is 0.797. The van der Waals surface area contributed by atoms with Crippen LogP contribution >= 0.6 is 0 Å². The number of hydrogen-bond donors (Lipinski definition) is 2. The van der Waals surface area contributed by atoms with Crippen molar-refractivity contribution in [3.8, 4) is 0 Å². The van der Waals surface area contributed by atoms with Crippen LogP contribution in [0.4, 0.5) is 11.5 Å². The molecule has 2 rings (SSSR count). The minimum absolute atomic E-state index is 0.119. The lowest BCUT2D eigenvalue weighted by molar-refractivity contribution is -0.127. The molecule has 80 valence electrons. The summed E-state index contributed by atoms with van der Waals surface area (Å²) in [5.41, 5.74) is 6.14. The molecule has 0 radical (unpaired) electrons. The third-order valence-electron chi connectivity index (χ3n) is 2.54. The molecule has 0 aromatic carbocycles. The first-order chi connectivity index (χ1) is 7.16. The number of nitrogens with one attached hydrogen (secondary N) is 1. The summed E-state index contributed by atoms with van der Waals surface area (Å²) in [7, 11) is 1.81.